The second-order valence-corrected chi connectivity index (χ2v) is 11.4. The van der Waals surface area contributed by atoms with E-state index in [9.17, 15) is 8.76 Å². The van der Waals surface area contributed by atoms with Gasteiger partial charge in [0.25, 0.3) is 0 Å². The second-order valence-electron chi connectivity index (χ2n) is 5.97. The van der Waals surface area contributed by atoms with Crippen LogP contribution in [0.5, 0.6) is 0 Å². The fraction of sp³-hybridized carbons (Fsp3) is 0.750. The molecule has 0 heterocycles. The first-order valence-corrected chi connectivity index (χ1v) is 12.7. The quantitative estimate of drug-likeness (QED) is 0.531. The molecular weight excluding hydrogens is 364 g/mol. The Kier molecular flexibility index (Phi) is 8.25. The fourth-order valence-electron chi connectivity index (χ4n) is 3.35. The molecule has 140 valence electrons. The molecule has 8 heteroatoms. The molecule has 1 rings (SSSR count). The predicted octanol–water partition coefficient (Wildman–Crippen LogP) is 3.12. The van der Waals surface area contributed by atoms with E-state index < -0.39 is 28.2 Å². The molecule has 0 fully saturated rings. The lowest BCUT2D eigenvalue weighted by Crippen LogP contribution is -2.56. The summed E-state index contributed by atoms with van der Waals surface area (Å²) in [5, 5.41) is -0.317. The maximum absolute atomic E-state index is 12.5. The Labute approximate surface area is 152 Å². The van der Waals surface area contributed by atoms with Gasteiger partial charge in [-0.3, -0.25) is 4.21 Å². The van der Waals surface area contributed by atoms with Crippen LogP contribution in [0.3, 0.4) is 0 Å². The average molecular weight is 394 g/mol. The Morgan fingerprint density at radius 3 is 2.08 bits per heavy atom. The van der Waals surface area contributed by atoms with Crippen molar-refractivity contribution in [1.29, 1.82) is 0 Å². The standard InChI is InChI=1S/C16H30O5S2Si/c1-6-12-16(5)13-10-11-14(15(16)23(17,18)22)24(19-7-2,20-8-3)21-9-4/h10-11,13,15H,6-9,12H2,1-5H3,(H,17,18,22)/p-1. The van der Waals surface area contributed by atoms with E-state index in [1.54, 1.807) is 6.08 Å². The van der Waals surface area contributed by atoms with Crippen molar-refractivity contribution < 1.29 is 22.0 Å². The van der Waals surface area contributed by atoms with Crippen LogP contribution in [-0.2, 0) is 33.2 Å². The SMILES string of the molecule is CCCC1(C)C=CC=C([Si](OCC)(OCC)OCC)C1S(=O)([O-])=S. The van der Waals surface area contributed by atoms with Gasteiger partial charge in [0.2, 0.25) is 0 Å². The van der Waals surface area contributed by atoms with Crippen LogP contribution >= 0.6 is 0 Å². The van der Waals surface area contributed by atoms with Crippen molar-refractivity contribution in [2.24, 2.45) is 5.41 Å². The molecule has 0 saturated carbocycles. The molecule has 1 aliphatic carbocycles. The smallest absolute Gasteiger partial charge is 0.534 e. The van der Waals surface area contributed by atoms with Crippen LogP contribution in [0.15, 0.2) is 23.4 Å². The van der Waals surface area contributed by atoms with Crippen LogP contribution in [0.2, 0.25) is 0 Å². The summed E-state index contributed by atoms with van der Waals surface area (Å²) in [7, 11) is -7.11. The summed E-state index contributed by atoms with van der Waals surface area (Å²) < 4.78 is 42.9. The Hall–Kier alpha value is -0.0931. The zero-order chi connectivity index (χ0) is 18.4. The van der Waals surface area contributed by atoms with Gasteiger partial charge >= 0.3 is 8.80 Å². The lowest BCUT2D eigenvalue weighted by Gasteiger charge is -2.45. The van der Waals surface area contributed by atoms with Crippen molar-refractivity contribution in [2.75, 3.05) is 19.8 Å². The zero-order valence-electron chi connectivity index (χ0n) is 15.2. The topological polar surface area (TPSA) is 67.8 Å². The maximum atomic E-state index is 12.5. The first-order valence-electron chi connectivity index (χ1n) is 8.47. The summed E-state index contributed by atoms with van der Waals surface area (Å²) in [5.74, 6) is 0. The van der Waals surface area contributed by atoms with Gasteiger partial charge in [0.15, 0.2) is 0 Å². The van der Waals surface area contributed by atoms with Crippen molar-refractivity contribution in [2.45, 2.75) is 52.7 Å². The van der Waals surface area contributed by atoms with Crippen LogP contribution in [0.25, 0.3) is 0 Å². The van der Waals surface area contributed by atoms with Crippen molar-refractivity contribution in [3.05, 3.63) is 23.4 Å². The van der Waals surface area contributed by atoms with Gasteiger partial charge in [0, 0.05) is 30.4 Å². The normalized spacial score (nSPS) is 26.9. The van der Waals surface area contributed by atoms with Gasteiger partial charge in [-0.15, -0.1) is 0 Å². The minimum atomic E-state index is -3.78. The third kappa shape index (κ3) is 4.75. The van der Waals surface area contributed by atoms with Crippen LogP contribution < -0.4 is 0 Å². The van der Waals surface area contributed by atoms with Crippen molar-refractivity contribution in [3.8, 4) is 0 Å². The summed E-state index contributed by atoms with van der Waals surface area (Å²) >= 11 is 4.92. The molecule has 5 nitrogen and oxygen atoms in total. The average Bonchev–Trinajstić information content (AvgIpc) is 2.46. The zero-order valence-corrected chi connectivity index (χ0v) is 17.8. The van der Waals surface area contributed by atoms with Gasteiger partial charge in [0.1, 0.15) is 0 Å². The molecule has 0 saturated heterocycles. The van der Waals surface area contributed by atoms with Gasteiger partial charge in [-0.25, -0.2) is 0 Å². The minimum Gasteiger partial charge on any atom is -0.769 e. The number of allylic oxidation sites excluding steroid dienone is 3. The Morgan fingerprint density at radius 2 is 1.71 bits per heavy atom. The lowest BCUT2D eigenvalue weighted by atomic mass is 9.79. The van der Waals surface area contributed by atoms with Crippen molar-refractivity contribution in [3.63, 3.8) is 0 Å². The van der Waals surface area contributed by atoms with Crippen LogP contribution in [0.1, 0.15) is 47.5 Å². The van der Waals surface area contributed by atoms with E-state index in [1.165, 1.54) is 0 Å². The van der Waals surface area contributed by atoms with Crippen LogP contribution in [-0.4, -0.2) is 42.6 Å². The van der Waals surface area contributed by atoms with Gasteiger partial charge in [0.05, 0.1) is 5.25 Å². The predicted molar refractivity (Wildman–Crippen MR) is 101 cm³/mol. The molecule has 0 N–H and O–H groups in total. The fourth-order valence-corrected chi connectivity index (χ4v) is 9.56. The third-order valence-electron chi connectivity index (χ3n) is 4.07. The van der Waals surface area contributed by atoms with Crippen LogP contribution in [0.4, 0.5) is 0 Å². The molecule has 0 radical (unpaired) electrons. The van der Waals surface area contributed by atoms with Crippen molar-refractivity contribution in [1.82, 2.24) is 0 Å². The molecule has 0 spiro atoms. The van der Waals surface area contributed by atoms with Gasteiger partial charge < -0.3 is 17.8 Å². The lowest BCUT2D eigenvalue weighted by molar-refractivity contribution is 0.0782. The third-order valence-corrected chi connectivity index (χ3v) is 9.39. The molecule has 24 heavy (non-hydrogen) atoms. The number of hydrogen-bond acceptors (Lipinski definition) is 6. The molecule has 0 aromatic carbocycles. The van der Waals surface area contributed by atoms with Gasteiger partial charge in [-0.2, -0.15) is 0 Å². The van der Waals surface area contributed by atoms with E-state index in [0.29, 0.717) is 31.4 Å². The summed E-state index contributed by atoms with van der Waals surface area (Å²) in [6, 6.07) is 0. The number of hydrogen-bond donors (Lipinski definition) is 0. The maximum Gasteiger partial charge on any atom is 0.534 e. The Bertz CT molecular complexity index is 556. The van der Waals surface area contributed by atoms with Crippen LogP contribution in [0, 0.1) is 5.41 Å². The summed E-state index contributed by atoms with van der Waals surface area (Å²) in [5.41, 5.74) is -0.594. The molecule has 0 bridgehead atoms. The summed E-state index contributed by atoms with van der Waals surface area (Å²) in [4.78, 5) is 0. The highest BCUT2D eigenvalue weighted by Crippen LogP contribution is 2.43. The van der Waals surface area contributed by atoms with E-state index in [2.05, 4.69) is 0 Å². The first-order chi connectivity index (χ1) is 11.2. The second kappa shape index (κ2) is 9.02. The molecular formula is C16H29O5S2Si-. The van der Waals surface area contributed by atoms with Gasteiger partial charge in [-0.05, 0) is 47.2 Å². The monoisotopic (exact) mass is 393 g/mol. The molecule has 0 aromatic rings. The van der Waals surface area contributed by atoms with E-state index in [-0.39, 0.29) is 0 Å². The summed E-state index contributed by atoms with van der Waals surface area (Å²) in [6.45, 7) is 10.6. The highest BCUT2D eigenvalue weighted by molar-refractivity contribution is 8.30. The van der Waals surface area contributed by atoms with E-state index >= 15 is 0 Å². The van der Waals surface area contributed by atoms with Crippen molar-refractivity contribution >= 4 is 28.8 Å². The molecule has 3 unspecified atom stereocenters. The van der Waals surface area contributed by atoms with E-state index in [0.717, 1.165) is 6.42 Å². The largest absolute Gasteiger partial charge is 0.769 e. The highest BCUT2D eigenvalue weighted by Gasteiger charge is 2.54. The first kappa shape index (κ1) is 21.9. The highest BCUT2D eigenvalue weighted by atomic mass is 32.8. The van der Waals surface area contributed by atoms with E-state index in [1.807, 2.05) is 46.8 Å². The Balaban J connectivity index is 3.53. The van der Waals surface area contributed by atoms with Gasteiger partial charge in [-0.1, -0.05) is 38.5 Å². The molecule has 0 amide bonds. The molecule has 0 aliphatic heterocycles. The van der Waals surface area contributed by atoms with E-state index in [4.69, 9.17) is 24.5 Å². The molecule has 1 aliphatic rings. The molecule has 0 aromatic heterocycles. The Morgan fingerprint density at radius 1 is 1.21 bits per heavy atom. The molecule has 3 atom stereocenters. The minimum absolute atomic E-state index is 0.377. The summed E-state index contributed by atoms with van der Waals surface area (Å²) in [6.07, 6.45) is 7.12. The number of rotatable bonds is 10.